The molecule has 0 unspecified atom stereocenters. The first-order chi connectivity index (χ1) is 12.3. The number of sulfonamides is 1. The van der Waals surface area contributed by atoms with Crippen LogP contribution < -0.4 is 10.0 Å². The van der Waals surface area contributed by atoms with Gasteiger partial charge in [0.25, 0.3) is 5.91 Å². The van der Waals surface area contributed by atoms with E-state index in [9.17, 15) is 13.2 Å². The summed E-state index contributed by atoms with van der Waals surface area (Å²) in [6.45, 7) is 1.83. The molecule has 8 heteroatoms. The van der Waals surface area contributed by atoms with Crippen molar-refractivity contribution in [2.75, 3.05) is 0 Å². The molecule has 0 aromatic heterocycles. The lowest BCUT2D eigenvalue weighted by atomic mass is 10.1. The molecule has 26 heavy (non-hydrogen) atoms. The summed E-state index contributed by atoms with van der Waals surface area (Å²) in [5.41, 5.74) is 1.20. The molecule has 2 N–H and O–H groups in total. The lowest BCUT2D eigenvalue weighted by Crippen LogP contribution is -2.27. The highest BCUT2D eigenvalue weighted by Crippen LogP contribution is 2.26. The van der Waals surface area contributed by atoms with Gasteiger partial charge in [0.1, 0.15) is 0 Å². The highest BCUT2D eigenvalue weighted by molar-refractivity contribution is 7.89. The smallest absolute Gasteiger partial charge is 0.251 e. The highest BCUT2D eigenvalue weighted by atomic mass is 35.5. The van der Waals surface area contributed by atoms with Gasteiger partial charge in [-0.2, -0.15) is 0 Å². The van der Waals surface area contributed by atoms with Gasteiger partial charge in [0.15, 0.2) is 0 Å². The maximum absolute atomic E-state index is 12.4. The van der Waals surface area contributed by atoms with Gasteiger partial charge in [0, 0.05) is 11.6 Å². The minimum absolute atomic E-state index is 0.0371. The third-order valence-corrected chi connectivity index (χ3v) is 6.39. The Morgan fingerprint density at radius 3 is 2.31 bits per heavy atom. The summed E-state index contributed by atoms with van der Waals surface area (Å²) in [4.78, 5) is 12.5. The molecule has 0 saturated heterocycles. The topological polar surface area (TPSA) is 75.3 Å². The quantitative estimate of drug-likeness (QED) is 0.754. The molecule has 1 aliphatic rings. The van der Waals surface area contributed by atoms with Crippen molar-refractivity contribution in [3.05, 3.63) is 63.6 Å². The third-order valence-electron chi connectivity index (χ3n) is 4.12. The van der Waals surface area contributed by atoms with Gasteiger partial charge >= 0.3 is 0 Å². The van der Waals surface area contributed by atoms with Crippen molar-refractivity contribution < 1.29 is 13.2 Å². The maximum atomic E-state index is 12.4. The van der Waals surface area contributed by atoms with Gasteiger partial charge in [-0.15, -0.1) is 0 Å². The number of benzene rings is 2. The second-order valence-corrected chi connectivity index (χ2v) is 8.82. The number of rotatable bonds is 6. The summed E-state index contributed by atoms with van der Waals surface area (Å²) in [7, 11) is -3.52. The summed E-state index contributed by atoms with van der Waals surface area (Å²) < 4.78 is 26.9. The van der Waals surface area contributed by atoms with Gasteiger partial charge in [-0.1, -0.05) is 29.3 Å². The van der Waals surface area contributed by atoms with Crippen molar-refractivity contribution in [1.29, 1.82) is 0 Å². The van der Waals surface area contributed by atoms with E-state index in [0.29, 0.717) is 15.6 Å². The van der Waals surface area contributed by atoms with Crippen molar-refractivity contribution in [1.82, 2.24) is 10.0 Å². The van der Waals surface area contributed by atoms with Crippen LogP contribution in [0, 0.1) is 0 Å². The summed E-state index contributed by atoms with van der Waals surface area (Å²) in [5, 5.41) is 3.72. The van der Waals surface area contributed by atoms with E-state index in [1.54, 1.807) is 18.2 Å². The van der Waals surface area contributed by atoms with Crippen LogP contribution in [0.4, 0.5) is 0 Å². The van der Waals surface area contributed by atoms with E-state index in [0.717, 1.165) is 18.4 Å². The second-order valence-electron chi connectivity index (χ2n) is 6.29. The van der Waals surface area contributed by atoms with Crippen LogP contribution in [-0.2, 0) is 10.0 Å². The molecule has 2 aromatic carbocycles. The van der Waals surface area contributed by atoms with E-state index in [1.807, 2.05) is 6.92 Å². The van der Waals surface area contributed by atoms with Gasteiger partial charge in [-0.3, -0.25) is 4.79 Å². The molecule has 1 aliphatic carbocycles. The van der Waals surface area contributed by atoms with E-state index in [2.05, 4.69) is 10.0 Å². The first-order valence-corrected chi connectivity index (χ1v) is 10.4. The molecular formula is C18H18Cl2N2O3S. The van der Waals surface area contributed by atoms with Crippen LogP contribution >= 0.6 is 23.2 Å². The van der Waals surface area contributed by atoms with Crippen LogP contribution in [0.15, 0.2) is 47.4 Å². The van der Waals surface area contributed by atoms with Crippen LogP contribution in [-0.4, -0.2) is 20.4 Å². The Morgan fingerprint density at radius 1 is 1.08 bits per heavy atom. The predicted octanol–water partition coefficient (Wildman–Crippen LogP) is 3.93. The molecule has 0 heterocycles. The zero-order chi connectivity index (χ0) is 18.9. The number of halogens is 2. The summed E-state index contributed by atoms with van der Waals surface area (Å²) in [6.07, 6.45) is 1.73. The van der Waals surface area contributed by atoms with Crippen molar-refractivity contribution >= 4 is 39.1 Å². The largest absolute Gasteiger partial charge is 0.346 e. The molecule has 1 amide bonds. The fourth-order valence-corrected chi connectivity index (χ4v) is 4.03. The summed E-state index contributed by atoms with van der Waals surface area (Å²) >= 11 is 11.9. The number of nitrogens with one attached hydrogen (secondary N) is 2. The van der Waals surface area contributed by atoms with Gasteiger partial charge < -0.3 is 5.32 Å². The molecule has 0 aliphatic heterocycles. The van der Waals surface area contributed by atoms with E-state index < -0.39 is 10.0 Å². The Balaban J connectivity index is 1.68. The van der Waals surface area contributed by atoms with Crippen LogP contribution in [0.3, 0.4) is 0 Å². The standard InChI is InChI=1S/C18H18Cl2N2O3S/c1-11(13-4-9-16(19)17(20)10-13)21-18(23)12-2-7-15(8-3-12)26(24,25)22-14-5-6-14/h2-4,7-11,14,22H,5-6H2,1H3,(H,21,23)/t11-/m0/s1. The molecular weight excluding hydrogens is 395 g/mol. The molecule has 0 bridgehead atoms. The molecule has 138 valence electrons. The number of carbonyl (C=O) groups is 1. The van der Waals surface area contributed by atoms with Crippen LogP contribution in [0.25, 0.3) is 0 Å². The normalized spacial score (nSPS) is 15.5. The minimum Gasteiger partial charge on any atom is -0.346 e. The van der Waals surface area contributed by atoms with Crippen molar-refractivity contribution in [3.63, 3.8) is 0 Å². The van der Waals surface area contributed by atoms with Crippen LogP contribution in [0.5, 0.6) is 0 Å². The lowest BCUT2D eigenvalue weighted by molar-refractivity contribution is 0.0940. The van der Waals surface area contributed by atoms with Crippen molar-refractivity contribution in [2.45, 2.75) is 36.7 Å². The van der Waals surface area contributed by atoms with Gasteiger partial charge in [-0.05, 0) is 61.7 Å². The minimum atomic E-state index is -3.52. The predicted molar refractivity (Wildman–Crippen MR) is 102 cm³/mol. The fraction of sp³-hybridized carbons (Fsp3) is 0.278. The third kappa shape index (κ3) is 4.57. The monoisotopic (exact) mass is 412 g/mol. The molecule has 3 rings (SSSR count). The zero-order valence-electron chi connectivity index (χ0n) is 14.0. The van der Waals surface area contributed by atoms with Gasteiger partial charge in [0.05, 0.1) is 21.0 Å². The van der Waals surface area contributed by atoms with Crippen molar-refractivity contribution in [2.24, 2.45) is 0 Å². The fourth-order valence-electron chi connectivity index (χ4n) is 2.42. The van der Waals surface area contributed by atoms with E-state index in [4.69, 9.17) is 23.2 Å². The van der Waals surface area contributed by atoms with Gasteiger partial charge in [0.2, 0.25) is 10.0 Å². The number of hydrogen-bond donors (Lipinski definition) is 2. The SMILES string of the molecule is C[C@H](NC(=O)c1ccc(S(=O)(=O)NC2CC2)cc1)c1ccc(Cl)c(Cl)c1. The zero-order valence-corrected chi connectivity index (χ0v) is 16.3. The summed E-state index contributed by atoms with van der Waals surface area (Å²) in [6, 6.07) is 10.8. The molecule has 1 atom stereocenters. The Hall–Kier alpha value is -1.60. The molecule has 5 nitrogen and oxygen atoms in total. The average Bonchev–Trinajstić information content (AvgIpc) is 3.40. The Bertz CT molecular complexity index is 926. The highest BCUT2D eigenvalue weighted by Gasteiger charge is 2.28. The summed E-state index contributed by atoms with van der Waals surface area (Å²) in [5.74, 6) is -0.303. The number of carbonyl (C=O) groups excluding carboxylic acids is 1. The molecule has 2 aromatic rings. The maximum Gasteiger partial charge on any atom is 0.251 e. The Labute approximate surface area is 162 Å². The van der Waals surface area contributed by atoms with E-state index in [-0.39, 0.29) is 22.9 Å². The average molecular weight is 413 g/mol. The van der Waals surface area contributed by atoms with E-state index in [1.165, 1.54) is 24.3 Å². The van der Waals surface area contributed by atoms with Crippen molar-refractivity contribution in [3.8, 4) is 0 Å². The van der Waals surface area contributed by atoms with Crippen LogP contribution in [0.2, 0.25) is 10.0 Å². The lowest BCUT2D eigenvalue weighted by Gasteiger charge is -2.15. The van der Waals surface area contributed by atoms with Gasteiger partial charge in [-0.25, -0.2) is 13.1 Å². The number of amides is 1. The molecule has 0 radical (unpaired) electrons. The van der Waals surface area contributed by atoms with E-state index >= 15 is 0 Å². The second kappa shape index (κ2) is 7.56. The first-order valence-electron chi connectivity index (χ1n) is 8.14. The molecule has 0 spiro atoms. The first kappa shape index (κ1) is 19.2. The molecule has 1 fully saturated rings. The Kier molecular flexibility index (Phi) is 5.58. The number of hydrogen-bond acceptors (Lipinski definition) is 3. The molecule has 1 saturated carbocycles. The van der Waals surface area contributed by atoms with Crippen LogP contribution in [0.1, 0.15) is 41.7 Å². The Morgan fingerprint density at radius 2 is 1.73 bits per heavy atom.